The minimum absolute atomic E-state index is 0.0694. The number of nitrogens with one attached hydrogen (secondary N) is 2. The monoisotopic (exact) mass is 379 g/mol. The highest BCUT2D eigenvalue weighted by molar-refractivity contribution is 7.98. The molecule has 2 N–H and O–H groups in total. The first-order chi connectivity index (χ1) is 11.8. The van der Waals surface area contributed by atoms with Crippen molar-refractivity contribution in [2.24, 2.45) is 0 Å². The van der Waals surface area contributed by atoms with E-state index in [-0.39, 0.29) is 17.2 Å². The maximum Gasteiger partial charge on any atom is 0.256 e. The average Bonchev–Trinajstić information content (AvgIpc) is 2.89. The number of thioether (sulfide) groups is 1. The van der Waals surface area contributed by atoms with Crippen molar-refractivity contribution in [2.45, 2.75) is 17.4 Å². The molecule has 0 aliphatic carbocycles. The molecule has 1 aliphatic rings. The van der Waals surface area contributed by atoms with Gasteiger partial charge in [0, 0.05) is 22.0 Å². The summed E-state index contributed by atoms with van der Waals surface area (Å²) in [5.41, 5.74) is 0.928. The molecule has 0 spiro atoms. The van der Waals surface area contributed by atoms with Crippen molar-refractivity contribution in [3.63, 3.8) is 0 Å². The predicted octanol–water partition coefficient (Wildman–Crippen LogP) is 0.555. The highest BCUT2D eigenvalue weighted by atomic mass is 32.2. The Morgan fingerprint density at radius 3 is 2.76 bits per heavy atom. The number of amides is 1. The molecule has 25 heavy (non-hydrogen) atoms. The smallest absolute Gasteiger partial charge is 0.256 e. The first-order valence-electron chi connectivity index (χ1n) is 7.44. The number of sulfonamides is 1. The Hall–Kier alpha value is -2.10. The third-order valence-corrected chi connectivity index (χ3v) is 6.15. The second-order valence-electron chi connectivity index (χ2n) is 5.57. The topological polar surface area (TPSA) is 115 Å². The number of aliphatic carboxylic acids is 1. The van der Waals surface area contributed by atoms with Crippen LogP contribution in [-0.4, -0.2) is 38.3 Å². The fourth-order valence-corrected chi connectivity index (χ4v) is 4.70. The van der Waals surface area contributed by atoms with E-state index in [1.54, 1.807) is 24.5 Å². The molecule has 0 saturated carbocycles. The van der Waals surface area contributed by atoms with Gasteiger partial charge in [0.2, 0.25) is 10.0 Å². The van der Waals surface area contributed by atoms with E-state index in [0.717, 1.165) is 0 Å². The highest BCUT2D eigenvalue weighted by Crippen LogP contribution is 2.36. The standard InChI is InChI=1S/C16H16N2O5S2/c1-24-8-7-12(16(20)21)18-25(22,23)13-6-5-11-14-9(13)3-2-4-10(14)15(19)17-11/h2-6,12,18H,7-8H2,1H3,(H,17,19)(H,20,21)/p-1/t12-/m0/s1. The molecule has 1 amide bonds. The second kappa shape index (κ2) is 6.66. The van der Waals surface area contributed by atoms with E-state index in [4.69, 9.17) is 0 Å². The molecule has 1 aliphatic heterocycles. The van der Waals surface area contributed by atoms with Crippen molar-refractivity contribution in [3.8, 4) is 0 Å². The Kier molecular flexibility index (Phi) is 4.72. The molecule has 3 rings (SSSR count). The number of carbonyl (C=O) groups is 2. The van der Waals surface area contributed by atoms with Crippen LogP contribution >= 0.6 is 11.8 Å². The number of hydrogen-bond acceptors (Lipinski definition) is 6. The third kappa shape index (κ3) is 3.22. The zero-order chi connectivity index (χ0) is 18.2. The Morgan fingerprint density at radius 1 is 1.32 bits per heavy atom. The minimum atomic E-state index is -4.10. The van der Waals surface area contributed by atoms with Gasteiger partial charge in [0.15, 0.2) is 0 Å². The molecule has 0 fully saturated rings. The lowest BCUT2D eigenvalue weighted by molar-refractivity contribution is -0.308. The second-order valence-corrected chi connectivity index (χ2v) is 8.24. The summed E-state index contributed by atoms with van der Waals surface area (Å²) in [6.07, 6.45) is 1.91. The van der Waals surface area contributed by atoms with E-state index in [1.165, 1.54) is 23.9 Å². The van der Waals surface area contributed by atoms with Gasteiger partial charge >= 0.3 is 0 Å². The molecule has 1 atom stereocenters. The van der Waals surface area contributed by atoms with Gasteiger partial charge in [-0.2, -0.15) is 11.8 Å². The molecule has 2 aromatic rings. The number of carboxylic acid groups (broad SMARTS) is 1. The van der Waals surface area contributed by atoms with Crippen LogP contribution in [0.15, 0.2) is 35.2 Å². The summed E-state index contributed by atoms with van der Waals surface area (Å²) in [5, 5.41) is 14.8. The first kappa shape index (κ1) is 17.7. The predicted molar refractivity (Wildman–Crippen MR) is 94.0 cm³/mol. The van der Waals surface area contributed by atoms with Crippen molar-refractivity contribution >= 4 is 50.1 Å². The van der Waals surface area contributed by atoms with Gasteiger partial charge in [-0.3, -0.25) is 4.79 Å². The lowest BCUT2D eigenvalue weighted by Gasteiger charge is -2.20. The van der Waals surface area contributed by atoms with E-state index in [0.29, 0.717) is 27.8 Å². The van der Waals surface area contributed by atoms with Crippen LogP contribution in [0.1, 0.15) is 16.8 Å². The Labute approximate surface area is 148 Å². The molecule has 7 nitrogen and oxygen atoms in total. The van der Waals surface area contributed by atoms with Crippen molar-refractivity contribution < 1.29 is 23.1 Å². The average molecular weight is 379 g/mol. The molecule has 0 unspecified atom stereocenters. The van der Waals surface area contributed by atoms with E-state index in [1.807, 2.05) is 0 Å². The SMILES string of the molecule is CSCC[C@H](NS(=O)(=O)c1ccc2c3c(cccc13)C(=O)N2)C(=O)[O-]. The lowest BCUT2D eigenvalue weighted by atomic mass is 10.1. The number of hydrogen-bond donors (Lipinski definition) is 2. The summed E-state index contributed by atoms with van der Waals surface area (Å²) < 4.78 is 27.7. The van der Waals surface area contributed by atoms with E-state index >= 15 is 0 Å². The molecule has 0 saturated heterocycles. The molecule has 0 aromatic heterocycles. The van der Waals surface area contributed by atoms with Crippen molar-refractivity contribution in [2.75, 3.05) is 17.3 Å². The minimum Gasteiger partial charge on any atom is -0.548 e. The van der Waals surface area contributed by atoms with Crippen LogP contribution < -0.4 is 15.1 Å². The van der Waals surface area contributed by atoms with E-state index in [2.05, 4.69) is 10.0 Å². The fourth-order valence-electron chi connectivity index (χ4n) is 2.81. The summed E-state index contributed by atoms with van der Waals surface area (Å²) in [5.74, 6) is -1.29. The quantitative estimate of drug-likeness (QED) is 0.726. The molecule has 9 heteroatoms. The maximum atomic E-state index is 12.7. The van der Waals surface area contributed by atoms with Crippen LogP contribution in [0, 0.1) is 0 Å². The number of carboxylic acids is 1. The van der Waals surface area contributed by atoms with Gasteiger partial charge < -0.3 is 15.2 Å². The molecular weight excluding hydrogens is 364 g/mol. The van der Waals surface area contributed by atoms with Crippen LogP contribution in [0.25, 0.3) is 10.8 Å². The van der Waals surface area contributed by atoms with Gasteiger partial charge in [-0.1, -0.05) is 12.1 Å². The number of benzene rings is 2. The summed E-state index contributed by atoms with van der Waals surface area (Å²) in [6, 6.07) is 6.33. The first-order valence-corrected chi connectivity index (χ1v) is 10.3. The Morgan fingerprint density at radius 2 is 2.08 bits per heavy atom. The van der Waals surface area contributed by atoms with Gasteiger partial charge in [-0.25, -0.2) is 13.1 Å². The van der Waals surface area contributed by atoms with Crippen LogP contribution in [0.4, 0.5) is 5.69 Å². The molecule has 0 bridgehead atoms. The van der Waals surface area contributed by atoms with Crippen molar-refractivity contribution in [3.05, 3.63) is 35.9 Å². The Balaban J connectivity index is 2.05. The van der Waals surface area contributed by atoms with E-state index < -0.39 is 22.0 Å². The van der Waals surface area contributed by atoms with Gasteiger partial charge in [-0.05, 0) is 36.6 Å². The molecular formula is C16H15N2O5S2-. The third-order valence-electron chi connectivity index (χ3n) is 3.98. The zero-order valence-electron chi connectivity index (χ0n) is 13.2. The van der Waals surface area contributed by atoms with Crippen molar-refractivity contribution in [1.82, 2.24) is 4.72 Å². The summed E-state index contributed by atoms with van der Waals surface area (Å²) in [7, 11) is -4.10. The summed E-state index contributed by atoms with van der Waals surface area (Å²) in [6.45, 7) is 0. The van der Waals surface area contributed by atoms with Gasteiger partial charge in [-0.15, -0.1) is 0 Å². The largest absolute Gasteiger partial charge is 0.548 e. The number of anilines is 1. The highest BCUT2D eigenvalue weighted by Gasteiger charge is 2.27. The van der Waals surface area contributed by atoms with Crippen LogP contribution in [0.2, 0.25) is 0 Å². The van der Waals surface area contributed by atoms with Gasteiger partial charge in [0.1, 0.15) is 0 Å². The van der Waals surface area contributed by atoms with Crippen LogP contribution in [0.3, 0.4) is 0 Å². The zero-order valence-corrected chi connectivity index (χ0v) is 14.9. The molecule has 1 heterocycles. The molecule has 132 valence electrons. The number of carbonyl (C=O) groups excluding carboxylic acids is 2. The van der Waals surface area contributed by atoms with Gasteiger partial charge in [0.05, 0.1) is 16.9 Å². The lowest BCUT2D eigenvalue weighted by Crippen LogP contribution is -2.48. The van der Waals surface area contributed by atoms with E-state index in [9.17, 15) is 23.1 Å². The van der Waals surface area contributed by atoms with Crippen LogP contribution in [0.5, 0.6) is 0 Å². The summed E-state index contributed by atoms with van der Waals surface area (Å²) >= 11 is 1.41. The fraction of sp³-hybridized carbons (Fsp3) is 0.250. The number of rotatable bonds is 7. The molecule has 0 radical (unpaired) electrons. The maximum absolute atomic E-state index is 12.7. The van der Waals surface area contributed by atoms with Crippen LogP contribution in [-0.2, 0) is 14.8 Å². The van der Waals surface area contributed by atoms with Gasteiger partial charge in [0.25, 0.3) is 5.91 Å². The molecule has 2 aromatic carbocycles. The summed E-state index contributed by atoms with van der Waals surface area (Å²) in [4.78, 5) is 23.1. The Bertz CT molecular complexity index is 972. The van der Waals surface area contributed by atoms with Crippen molar-refractivity contribution in [1.29, 1.82) is 0 Å². The normalized spacial score (nSPS) is 14.5.